The molecule has 0 saturated carbocycles. The Labute approximate surface area is 109 Å². The number of aromatic nitrogens is 2. The van der Waals surface area contributed by atoms with Crippen LogP contribution < -0.4 is 5.32 Å². The van der Waals surface area contributed by atoms with Gasteiger partial charge in [-0.2, -0.15) is 5.10 Å². The van der Waals surface area contributed by atoms with Gasteiger partial charge in [0, 0.05) is 24.7 Å². The summed E-state index contributed by atoms with van der Waals surface area (Å²) in [5, 5.41) is 8.13. The third-order valence-corrected chi connectivity index (χ3v) is 4.53. The topological polar surface area (TPSA) is 33.1 Å². The lowest BCUT2D eigenvalue weighted by atomic mass is 9.99. The van der Waals surface area contributed by atoms with Crippen molar-refractivity contribution in [3.05, 3.63) is 17.5 Å². The van der Waals surface area contributed by atoms with Crippen LogP contribution in [0.3, 0.4) is 0 Å². The molecule has 0 radical (unpaired) electrons. The quantitative estimate of drug-likeness (QED) is 0.862. The number of hydrogen-bond acceptors (Lipinski definition) is 3. The van der Waals surface area contributed by atoms with Crippen molar-refractivity contribution in [1.82, 2.24) is 20.0 Å². The molecule has 0 aliphatic carbocycles. The highest BCUT2D eigenvalue weighted by atomic mass is 15.3. The van der Waals surface area contributed by atoms with Crippen molar-refractivity contribution in [1.29, 1.82) is 0 Å². The Morgan fingerprint density at radius 2 is 2.28 bits per heavy atom. The Morgan fingerprint density at radius 1 is 1.39 bits per heavy atom. The number of likely N-dealkylation sites (tertiary alicyclic amines) is 1. The van der Waals surface area contributed by atoms with E-state index < -0.39 is 0 Å². The summed E-state index contributed by atoms with van der Waals surface area (Å²) in [5.41, 5.74) is 2.86. The Bertz CT molecular complexity index is 406. The molecule has 1 aromatic rings. The van der Waals surface area contributed by atoms with E-state index >= 15 is 0 Å². The van der Waals surface area contributed by atoms with Gasteiger partial charge >= 0.3 is 0 Å². The Balaban J connectivity index is 1.80. The predicted molar refractivity (Wildman–Crippen MR) is 73.0 cm³/mol. The van der Waals surface area contributed by atoms with E-state index in [0.717, 1.165) is 19.6 Å². The zero-order chi connectivity index (χ0) is 12.5. The maximum absolute atomic E-state index is 4.68. The molecule has 1 N–H and O–H groups in total. The predicted octanol–water partition coefficient (Wildman–Crippen LogP) is 1.54. The number of nitrogens with one attached hydrogen (secondary N) is 1. The van der Waals surface area contributed by atoms with Crippen LogP contribution in [0.5, 0.6) is 0 Å². The number of rotatable bonds is 2. The molecule has 2 aliphatic heterocycles. The van der Waals surface area contributed by atoms with Crippen molar-refractivity contribution in [3.63, 3.8) is 0 Å². The van der Waals surface area contributed by atoms with E-state index in [1.54, 1.807) is 0 Å². The minimum Gasteiger partial charge on any atom is -0.316 e. The molecule has 2 aliphatic rings. The maximum Gasteiger partial charge on any atom is 0.0649 e. The van der Waals surface area contributed by atoms with Crippen molar-refractivity contribution in [3.8, 4) is 0 Å². The third kappa shape index (κ3) is 2.19. The third-order valence-electron chi connectivity index (χ3n) is 4.53. The van der Waals surface area contributed by atoms with Crippen LogP contribution in [0.1, 0.15) is 42.5 Å². The highest BCUT2D eigenvalue weighted by Crippen LogP contribution is 2.28. The number of nitrogens with zero attached hydrogens (tertiary/aromatic N) is 3. The smallest absolute Gasteiger partial charge is 0.0649 e. The first-order chi connectivity index (χ1) is 8.75. The highest BCUT2D eigenvalue weighted by Gasteiger charge is 2.25. The summed E-state index contributed by atoms with van der Waals surface area (Å²) < 4.78 is 2.28. The van der Waals surface area contributed by atoms with Crippen molar-refractivity contribution < 1.29 is 0 Å². The molecule has 3 heterocycles. The summed E-state index contributed by atoms with van der Waals surface area (Å²) in [4.78, 5) is 2.42. The van der Waals surface area contributed by atoms with Gasteiger partial charge in [0.05, 0.1) is 12.2 Å². The molecule has 0 aromatic carbocycles. The second-order valence-electron chi connectivity index (χ2n) is 5.88. The van der Waals surface area contributed by atoms with Gasteiger partial charge in [0.15, 0.2) is 0 Å². The second-order valence-corrected chi connectivity index (χ2v) is 5.88. The van der Waals surface area contributed by atoms with Crippen LogP contribution in [-0.4, -0.2) is 47.9 Å². The molecule has 0 spiro atoms. The standard InChI is InChI=1S/C14H24N4/c1-11-14(12-5-6-15-8-12)9-16-18(11)13-4-3-7-17(2)10-13/h9,12-13,15H,3-8,10H2,1-2H3. The zero-order valence-electron chi connectivity index (χ0n) is 11.5. The van der Waals surface area contributed by atoms with E-state index in [1.165, 1.54) is 37.1 Å². The van der Waals surface area contributed by atoms with Gasteiger partial charge in [0.2, 0.25) is 0 Å². The maximum atomic E-state index is 4.68. The molecule has 0 bridgehead atoms. The molecule has 18 heavy (non-hydrogen) atoms. The molecule has 2 unspecified atom stereocenters. The Hall–Kier alpha value is -0.870. The van der Waals surface area contributed by atoms with Gasteiger partial charge in [-0.25, -0.2) is 0 Å². The van der Waals surface area contributed by atoms with Crippen molar-refractivity contribution in [2.45, 2.75) is 38.1 Å². The van der Waals surface area contributed by atoms with Gasteiger partial charge in [-0.15, -0.1) is 0 Å². The Morgan fingerprint density at radius 3 is 3.00 bits per heavy atom. The molecular formula is C14H24N4. The average molecular weight is 248 g/mol. The van der Waals surface area contributed by atoms with Gasteiger partial charge < -0.3 is 10.2 Å². The van der Waals surface area contributed by atoms with Crippen LogP contribution in [0.2, 0.25) is 0 Å². The van der Waals surface area contributed by atoms with Crippen LogP contribution >= 0.6 is 0 Å². The van der Waals surface area contributed by atoms with Crippen LogP contribution in [0.25, 0.3) is 0 Å². The molecule has 4 heteroatoms. The number of piperidine rings is 1. The summed E-state index contributed by atoms with van der Waals surface area (Å²) in [6.07, 6.45) is 5.94. The first kappa shape index (κ1) is 12.2. The van der Waals surface area contributed by atoms with Crippen molar-refractivity contribution in [2.24, 2.45) is 0 Å². The minimum atomic E-state index is 0.576. The van der Waals surface area contributed by atoms with Gasteiger partial charge in [-0.05, 0) is 51.9 Å². The summed E-state index contributed by atoms with van der Waals surface area (Å²) in [6.45, 7) is 6.90. The molecular weight excluding hydrogens is 224 g/mol. The fourth-order valence-electron chi connectivity index (χ4n) is 3.46. The number of likely N-dealkylation sites (N-methyl/N-ethyl adjacent to an activating group) is 1. The van der Waals surface area contributed by atoms with E-state index in [4.69, 9.17) is 0 Å². The highest BCUT2D eigenvalue weighted by molar-refractivity contribution is 5.23. The lowest BCUT2D eigenvalue weighted by Crippen LogP contribution is -2.34. The monoisotopic (exact) mass is 248 g/mol. The zero-order valence-corrected chi connectivity index (χ0v) is 11.5. The van der Waals surface area contributed by atoms with Gasteiger partial charge in [0.25, 0.3) is 0 Å². The molecule has 1 aromatic heterocycles. The van der Waals surface area contributed by atoms with E-state index in [2.05, 4.69) is 40.2 Å². The Kier molecular flexibility index (Phi) is 3.39. The largest absolute Gasteiger partial charge is 0.316 e. The summed E-state index contributed by atoms with van der Waals surface area (Å²) in [7, 11) is 2.22. The lowest BCUT2D eigenvalue weighted by Gasteiger charge is -2.30. The molecule has 100 valence electrons. The summed E-state index contributed by atoms with van der Waals surface area (Å²) in [6, 6.07) is 0.576. The molecule has 2 fully saturated rings. The first-order valence-corrected chi connectivity index (χ1v) is 7.19. The second kappa shape index (κ2) is 5.02. The molecule has 3 rings (SSSR count). The SMILES string of the molecule is Cc1c(C2CCNC2)cnn1C1CCCN(C)C1. The van der Waals surface area contributed by atoms with Crippen LogP contribution in [0.15, 0.2) is 6.20 Å². The first-order valence-electron chi connectivity index (χ1n) is 7.19. The lowest BCUT2D eigenvalue weighted by molar-refractivity contribution is 0.200. The molecule has 0 amide bonds. The number of hydrogen-bond donors (Lipinski definition) is 1. The van der Waals surface area contributed by atoms with Crippen molar-refractivity contribution >= 4 is 0 Å². The summed E-state index contributed by atoms with van der Waals surface area (Å²) in [5.74, 6) is 0.681. The van der Waals surface area contributed by atoms with E-state index in [1.807, 2.05) is 0 Å². The molecule has 4 nitrogen and oxygen atoms in total. The van der Waals surface area contributed by atoms with Gasteiger partial charge in [-0.3, -0.25) is 4.68 Å². The van der Waals surface area contributed by atoms with Crippen LogP contribution in [0.4, 0.5) is 0 Å². The van der Waals surface area contributed by atoms with E-state index in [0.29, 0.717) is 12.0 Å². The fraction of sp³-hybridized carbons (Fsp3) is 0.786. The molecule has 2 atom stereocenters. The minimum absolute atomic E-state index is 0.576. The van der Waals surface area contributed by atoms with Gasteiger partial charge in [0.1, 0.15) is 0 Å². The average Bonchev–Trinajstić information content (AvgIpc) is 2.97. The van der Waals surface area contributed by atoms with Gasteiger partial charge in [-0.1, -0.05) is 0 Å². The molecule has 2 saturated heterocycles. The van der Waals surface area contributed by atoms with Crippen LogP contribution in [0, 0.1) is 6.92 Å². The van der Waals surface area contributed by atoms with Crippen LogP contribution in [-0.2, 0) is 0 Å². The van der Waals surface area contributed by atoms with Crippen molar-refractivity contribution in [2.75, 3.05) is 33.2 Å². The summed E-state index contributed by atoms with van der Waals surface area (Å²) >= 11 is 0. The fourth-order valence-corrected chi connectivity index (χ4v) is 3.46. The normalized spacial score (nSPS) is 29.9. The van der Waals surface area contributed by atoms with E-state index in [-0.39, 0.29) is 0 Å². The van der Waals surface area contributed by atoms with E-state index in [9.17, 15) is 0 Å².